The second-order valence-corrected chi connectivity index (χ2v) is 5.74. The second-order valence-electron chi connectivity index (χ2n) is 5.30. The topological polar surface area (TPSA) is 99.4 Å². The van der Waals surface area contributed by atoms with Crippen LogP contribution >= 0.6 is 11.6 Å². The fraction of sp³-hybridized carbons (Fsp3) is 0.105. The monoisotopic (exact) mass is 370 g/mol. The molecule has 26 heavy (non-hydrogen) atoms. The molecule has 2 aromatic rings. The molecule has 1 amide bonds. The number of halogens is 1. The van der Waals surface area contributed by atoms with Crippen LogP contribution in [0, 0.1) is 11.3 Å². The number of rotatable bonds is 6. The summed E-state index contributed by atoms with van der Waals surface area (Å²) in [5.41, 5.74) is 0.991. The molecular weight excluding hydrogens is 356 g/mol. The van der Waals surface area contributed by atoms with E-state index >= 15 is 0 Å². The van der Waals surface area contributed by atoms with Crippen molar-refractivity contribution in [2.75, 3.05) is 5.32 Å². The molecule has 0 saturated carbocycles. The van der Waals surface area contributed by atoms with Gasteiger partial charge in [0.1, 0.15) is 17.4 Å². The SMILES string of the molecule is C[C@H](Oc1ccc(/C=C(/C#N)C(=O)Nc2cccc(Cl)c2)cc1)C(=O)O. The van der Waals surface area contributed by atoms with Crippen molar-refractivity contribution < 1.29 is 19.4 Å². The lowest BCUT2D eigenvalue weighted by molar-refractivity contribution is -0.144. The van der Waals surface area contributed by atoms with Gasteiger partial charge in [0.2, 0.25) is 0 Å². The lowest BCUT2D eigenvalue weighted by Gasteiger charge is -2.10. The van der Waals surface area contributed by atoms with E-state index in [4.69, 9.17) is 21.4 Å². The summed E-state index contributed by atoms with van der Waals surface area (Å²) in [5.74, 6) is -1.26. The quantitative estimate of drug-likeness (QED) is 0.596. The average Bonchev–Trinajstić information content (AvgIpc) is 2.60. The van der Waals surface area contributed by atoms with Gasteiger partial charge in [-0.15, -0.1) is 0 Å². The summed E-state index contributed by atoms with van der Waals surface area (Å²) in [4.78, 5) is 23.0. The third kappa shape index (κ3) is 5.36. The van der Waals surface area contributed by atoms with Gasteiger partial charge < -0.3 is 15.2 Å². The van der Waals surface area contributed by atoms with Crippen LogP contribution in [-0.2, 0) is 9.59 Å². The molecule has 6 nitrogen and oxygen atoms in total. The Balaban J connectivity index is 2.11. The van der Waals surface area contributed by atoms with E-state index in [1.165, 1.54) is 13.0 Å². The van der Waals surface area contributed by atoms with Gasteiger partial charge in [-0.25, -0.2) is 4.79 Å². The van der Waals surface area contributed by atoms with Crippen LogP contribution in [0.2, 0.25) is 5.02 Å². The number of nitriles is 1. The maximum absolute atomic E-state index is 12.2. The summed E-state index contributed by atoms with van der Waals surface area (Å²) in [5, 5.41) is 21.1. The molecular formula is C19H15ClN2O4. The largest absolute Gasteiger partial charge is 0.479 e. The summed E-state index contributed by atoms with van der Waals surface area (Å²) in [6.45, 7) is 1.42. The number of carboxylic acids is 1. The minimum Gasteiger partial charge on any atom is -0.479 e. The van der Waals surface area contributed by atoms with Gasteiger partial charge in [-0.2, -0.15) is 5.26 Å². The number of carboxylic acid groups (broad SMARTS) is 1. The molecule has 2 aromatic carbocycles. The Kier molecular flexibility index (Phi) is 6.36. The first-order chi connectivity index (χ1) is 12.4. The standard InChI is InChI=1S/C19H15ClN2O4/c1-12(19(24)25)26-17-7-5-13(6-8-17)9-14(11-21)18(23)22-16-4-2-3-15(20)10-16/h2-10,12H,1H3,(H,22,23)(H,24,25)/b14-9-/t12-/m0/s1. The first kappa shape index (κ1) is 19.0. The summed E-state index contributed by atoms with van der Waals surface area (Å²) in [7, 11) is 0. The Morgan fingerprint density at radius 2 is 1.96 bits per heavy atom. The molecule has 7 heteroatoms. The van der Waals surface area contributed by atoms with E-state index in [1.54, 1.807) is 48.5 Å². The molecule has 2 rings (SSSR count). The summed E-state index contributed by atoms with van der Waals surface area (Å²) < 4.78 is 5.22. The van der Waals surface area contributed by atoms with Gasteiger partial charge in [0.05, 0.1) is 0 Å². The number of aliphatic carboxylic acids is 1. The molecule has 0 spiro atoms. The van der Waals surface area contributed by atoms with E-state index in [2.05, 4.69) is 5.32 Å². The zero-order valence-corrected chi connectivity index (χ0v) is 14.5. The van der Waals surface area contributed by atoms with Crippen LogP contribution in [0.5, 0.6) is 5.75 Å². The molecule has 0 saturated heterocycles. The molecule has 0 aliphatic rings. The highest BCUT2D eigenvalue weighted by Gasteiger charge is 2.13. The van der Waals surface area contributed by atoms with E-state index < -0.39 is 18.0 Å². The zero-order chi connectivity index (χ0) is 19.1. The number of hydrogen-bond donors (Lipinski definition) is 2. The number of anilines is 1. The van der Waals surface area contributed by atoms with Crippen molar-refractivity contribution >= 4 is 35.2 Å². The summed E-state index contributed by atoms with van der Waals surface area (Å²) >= 11 is 5.86. The Labute approximate surface area is 155 Å². The number of nitrogens with zero attached hydrogens (tertiary/aromatic N) is 1. The Bertz CT molecular complexity index is 885. The Hall–Kier alpha value is -3.30. The predicted octanol–water partition coefficient (Wildman–Crippen LogP) is 3.74. The van der Waals surface area contributed by atoms with E-state index in [0.717, 1.165) is 0 Å². The number of ether oxygens (including phenoxy) is 1. The van der Waals surface area contributed by atoms with Gasteiger partial charge in [0.15, 0.2) is 6.10 Å². The maximum Gasteiger partial charge on any atom is 0.344 e. The van der Waals surface area contributed by atoms with Crippen molar-refractivity contribution in [2.24, 2.45) is 0 Å². The first-order valence-electron chi connectivity index (χ1n) is 7.57. The Morgan fingerprint density at radius 1 is 1.27 bits per heavy atom. The fourth-order valence-corrected chi connectivity index (χ4v) is 2.17. The highest BCUT2D eigenvalue weighted by Crippen LogP contribution is 2.18. The summed E-state index contributed by atoms with van der Waals surface area (Å²) in [6, 6.07) is 14.8. The van der Waals surface area contributed by atoms with Crippen LogP contribution in [0.15, 0.2) is 54.1 Å². The van der Waals surface area contributed by atoms with Crippen molar-refractivity contribution in [1.82, 2.24) is 0 Å². The number of amides is 1. The number of carbonyl (C=O) groups is 2. The van der Waals surface area contributed by atoms with Crippen LogP contribution in [0.25, 0.3) is 6.08 Å². The Morgan fingerprint density at radius 3 is 2.54 bits per heavy atom. The van der Waals surface area contributed by atoms with Crippen LogP contribution < -0.4 is 10.1 Å². The van der Waals surface area contributed by atoms with E-state index in [9.17, 15) is 14.9 Å². The minimum atomic E-state index is -1.07. The molecule has 132 valence electrons. The molecule has 0 radical (unpaired) electrons. The van der Waals surface area contributed by atoms with Crippen LogP contribution in [-0.4, -0.2) is 23.1 Å². The van der Waals surface area contributed by atoms with Crippen molar-refractivity contribution in [1.29, 1.82) is 5.26 Å². The molecule has 0 fully saturated rings. The van der Waals surface area contributed by atoms with Gasteiger partial charge in [0.25, 0.3) is 5.91 Å². The lowest BCUT2D eigenvalue weighted by atomic mass is 10.1. The molecule has 0 bridgehead atoms. The highest BCUT2D eigenvalue weighted by molar-refractivity contribution is 6.31. The molecule has 0 heterocycles. The van der Waals surface area contributed by atoms with Gasteiger partial charge in [-0.3, -0.25) is 4.79 Å². The fourth-order valence-electron chi connectivity index (χ4n) is 1.98. The van der Waals surface area contributed by atoms with Gasteiger partial charge >= 0.3 is 5.97 Å². The van der Waals surface area contributed by atoms with Gasteiger partial charge in [-0.05, 0) is 48.9 Å². The van der Waals surface area contributed by atoms with E-state index in [0.29, 0.717) is 22.0 Å². The molecule has 0 aromatic heterocycles. The van der Waals surface area contributed by atoms with Crippen molar-refractivity contribution in [2.45, 2.75) is 13.0 Å². The van der Waals surface area contributed by atoms with Crippen molar-refractivity contribution in [3.63, 3.8) is 0 Å². The average molecular weight is 371 g/mol. The lowest BCUT2D eigenvalue weighted by Crippen LogP contribution is -2.22. The number of benzene rings is 2. The molecule has 0 aliphatic carbocycles. The van der Waals surface area contributed by atoms with Crippen LogP contribution in [0.1, 0.15) is 12.5 Å². The van der Waals surface area contributed by atoms with Crippen LogP contribution in [0.3, 0.4) is 0 Å². The van der Waals surface area contributed by atoms with E-state index in [1.807, 2.05) is 6.07 Å². The minimum absolute atomic E-state index is 0.0856. The van der Waals surface area contributed by atoms with Crippen molar-refractivity contribution in [3.05, 3.63) is 64.7 Å². The molecule has 0 aliphatic heterocycles. The van der Waals surface area contributed by atoms with E-state index in [-0.39, 0.29) is 5.57 Å². The third-order valence-electron chi connectivity index (χ3n) is 3.30. The zero-order valence-electron chi connectivity index (χ0n) is 13.8. The number of carbonyl (C=O) groups excluding carboxylic acids is 1. The first-order valence-corrected chi connectivity index (χ1v) is 7.95. The predicted molar refractivity (Wildman–Crippen MR) is 97.8 cm³/mol. The second kappa shape index (κ2) is 8.70. The molecule has 0 unspecified atom stereocenters. The molecule has 2 N–H and O–H groups in total. The third-order valence-corrected chi connectivity index (χ3v) is 3.53. The van der Waals surface area contributed by atoms with Crippen LogP contribution in [0.4, 0.5) is 5.69 Å². The smallest absolute Gasteiger partial charge is 0.344 e. The number of nitrogens with one attached hydrogen (secondary N) is 1. The number of hydrogen-bond acceptors (Lipinski definition) is 4. The normalized spacial score (nSPS) is 12.0. The van der Waals surface area contributed by atoms with Gasteiger partial charge in [0, 0.05) is 10.7 Å². The maximum atomic E-state index is 12.2. The van der Waals surface area contributed by atoms with Crippen molar-refractivity contribution in [3.8, 4) is 11.8 Å². The summed E-state index contributed by atoms with van der Waals surface area (Å²) in [6.07, 6.45) is 0.444. The van der Waals surface area contributed by atoms with Gasteiger partial charge in [-0.1, -0.05) is 29.8 Å². The molecule has 1 atom stereocenters. The highest BCUT2D eigenvalue weighted by atomic mass is 35.5.